The van der Waals surface area contributed by atoms with Gasteiger partial charge >= 0.3 is 0 Å². The summed E-state index contributed by atoms with van der Waals surface area (Å²) in [5.41, 5.74) is 1.00. The summed E-state index contributed by atoms with van der Waals surface area (Å²) in [6.07, 6.45) is 0. The van der Waals surface area contributed by atoms with E-state index in [-0.39, 0.29) is 18.5 Å². The van der Waals surface area contributed by atoms with Crippen LogP contribution in [0.4, 0.5) is 0 Å². The molecule has 27 heavy (non-hydrogen) atoms. The van der Waals surface area contributed by atoms with Crippen molar-refractivity contribution in [1.29, 1.82) is 0 Å². The maximum absolute atomic E-state index is 12.9. The molecule has 0 spiro atoms. The van der Waals surface area contributed by atoms with E-state index in [0.717, 1.165) is 0 Å². The van der Waals surface area contributed by atoms with Gasteiger partial charge in [-0.3, -0.25) is 4.79 Å². The van der Waals surface area contributed by atoms with Crippen LogP contribution < -0.4 is 0 Å². The highest BCUT2D eigenvalue weighted by Crippen LogP contribution is 2.27. The molecule has 0 radical (unpaired) electrons. The molecule has 0 fully saturated rings. The zero-order chi connectivity index (χ0) is 19.6. The highest BCUT2D eigenvalue weighted by molar-refractivity contribution is 6.36. The molecule has 8 heteroatoms. The average Bonchev–Trinajstić information content (AvgIpc) is 3.08. The molecule has 140 valence electrons. The maximum atomic E-state index is 12.9. The Labute approximate surface area is 171 Å². The van der Waals surface area contributed by atoms with E-state index in [1.807, 2.05) is 26.0 Å². The second-order valence-electron chi connectivity index (χ2n) is 6.13. The summed E-state index contributed by atoms with van der Waals surface area (Å²) in [6, 6.07) is 11.8. The predicted octanol–water partition coefficient (Wildman–Crippen LogP) is 5.75. The molecule has 1 amide bonds. The third-order valence-electron chi connectivity index (χ3n) is 3.92. The molecule has 0 aliphatic heterocycles. The molecule has 0 N–H and O–H groups in total. The third kappa shape index (κ3) is 4.43. The van der Waals surface area contributed by atoms with Crippen LogP contribution in [0.3, 0.4) is 0 Å². The van der Waals surface area contributed by atoms with E-state index in [9.17, 15) is 4.79 Å². The monoisotopic (exact) mass is 423 g/mol. The molecular formula is C19H16Cl3N3O2. The van der Waals surface area contributed by atoms with Crippen LogP contribution in [0.1, 0.15) is 30.1 Å². The second kappa shape index (κ2) is 8.30. The van der Waals surface area contributed by atoms with Crippen molar-refractivity contribution < 1.29 is 9.21 Å². The molecule has 0 aliphatic rings. The van der Waals surface area contributed by atoms with Crippen molar-refractivity contribution in [3.05, 3.63) is 69.0 Å². The second-order valence-corrected chi connectivity index (χ2v) is 7.38. The number of aromatic nitrogens is 2. The number of nitrogens with zero attached hydrogens (tertiary/aromatic N) is 3. The minimum Gasteiger partial charge on any atom is -0.419 e. The lowest BCUT2D eigenvalue weighted by Crippen LogP contribution is -2.36. The number of hydrogen-bond donors (Lipinski definition) is 0. The van der Waals surface area contributed by atoms with Gasteiger partial charge in [-0.05, 0) is 44.2 Å². The van der Waals surface area contributed by atoms with Crippen LogP contribution in [0.25, 0.3) is 11.5 Å². The van der Waals surface area contributed by atoms with Gasteiger partial charge in [-0.1, -0.05) is 46.9 Å². The fraction of sp³-hybridized carbons (Fsp3) is 0.211. The Hall–Kier alpha value is -2.08. The van der Waals surface area contributed by atoms with Gasteiger partial charge in [-0.25, -0.2) is 0 Å². The Morgan fingerprint density at radius 1 is 1.07 bits per heavy atom. The lowest BCUT2D eigenvalue weighted by molar-refractivity contribution is 0.0672. The van der Waals surface area contributed by atoms with Crippen molar-refractivity contribution in [2.75, 3.05) is 0 Å². The van der Waals surface area contributed by atoms with Gasteiger partial charge in [0, 0.05) is 11.1 Å². The number of carbonyl (C=O) groups excluding carboxylic acids is 1. The molecule has 0 saturated heterocycles. The summed E-state index contributed by atoms with van der Waals surface area (Å²) in [6.45, 7) is 3.94. The molecule has 3 aromatic rings. The molecule has 2 aromatic carbocycles. The molecule has 0 atom stereocenters. The average molecular weight is 425 g/mol. The van der Waals surface area contributed by atoms with E-state index in [1.54, 1.807) is 29.2 Å². The van der Waals surface area contributed by atoms with Crippen LogP contribution in [0.5, 0.6) is 0 Å². The van der Waals surface area contributed by atoms with E-state index in [2.05, 4.69) is 10.2 Å². The van der Waals surface area contributed by atoms with Gasteiger partial charge in [0.15, 0.2) is 0 Å². The number of hydrogen-bond acceptors (Lipinski definition) is 4. The van der Waals surface area contributed by atoms with Crippen LogP contribution >= 0.6 is 34.8 Å². The summed E-state index contributed by atoms with van der Waals surface area (Å²) in [4.78, 5) is 14.5. The third-order valence-corrected chi connectivity index (χ3v) is 4.80. The van der Waals surface area contributed by atoms with Crippen molar-refractivity contribution in [1.82, 2.24) is 15.1 Å². The molecule has 0 saturated carbocycles. The smallest absolute Gasteiger partial charge is 0.256 e. The Morgan fingerprint density at radius 3 is 2.48 bits per heavy atom. The molecule has 1 aromatic heterocycles. The fourth-order valence-corrected chi connectivity index (χ4v) is 3.22. The first-order chi connectivity index (χ1) is 12.9. The highest BCUT2D eigenvalue weighted by Gasteiger charge is 2.24. The van der Waals surface area contributed by atoms with Crippen LogP contribution in [0, 0.1) is 0 Å². The van der Waals surface area contributed by atoms with Gasteiger partial charge in [0.2, 0.25) is 11.8 Å². The van der Waals surface area contributed by atoms with E-state index in [1.165, 1.54) is 6.07 Å². The molecule has 1 heterocycles. The maximum Gasteiger partial charge on any atom is 0.256 e. The SMILES string of the molecule is CC(C)N(Cc1nnc(-c2ccccc2Cl)o1)C(=O)c1ccc(Cl)cc1Cl. The van der Waals surface area contributed by atoms with Crippen LogP contribution in [-0.4, -0.2) is 27.0 Å². The fourth-order valence-electron chi connectivity index (χ4n) is 2.51. The molecule has 0 unspecified atom stereocenters. The molecule has 0 aliphatic carbocycles. The minimum absolute atomic E-state index is 0.111. The summed E-state index contributed by atoms with van der Waals surface area (Å²) < 4.78 is 5.71. The minimum atomic E-state index is -0.246. The van der Waals surface area contributed by atoms with Crippen LogP contribution in [-0.2, 0) is 6.54 Å². The number of halogens is 3. The lowest BCUT2D eigenvalue weighted by Gasteiger charge is -2.25. The standard InChI is InChI=1S/C19H16Cl3N3O2/c1-11(2)25(19(26)14-8-7-12(20)9-16(14)22)10-17-23-24-18(27-17)13-5-3-4-6-15(13)21/h3-9,11H,10H2,1-2H3. The number of benzene rings is 2. The molecule has 0 bridgehead atoms. The molecule has 5 nitrogen and oxygen atoms in total. The van der Waals surface area contributed by atoms with Gasteiger partial charge in [0.25, 0.3) is 5.91 Å². The summed E-state index contributed by atoms with van der Waals surface area (Å²) in [5.74, 6) is 0.359. The predicted molar refractivity (Wildman–Crippen MR) is 106 cm³/mol. The van der Waals surface area contributed by atoms with Gasteiger partial charge < -0.3 is 9.32 Å². The Balaban J connectivity index is 1.85. The number of carbonyl (C=O) groups is 1. The van der Waals surface area contributed by atoms with E-state index in [0.29, 0.717) is 38.0 Å². The largest absolute Gasteiger partial charge is 0.419 e. The summed E-state index contributed by atoms with van der Waals surface area (Å²) in [7, 11) is 0. The van der Waals surface area contributed by atoms with Crippen molar-refractivity contribution >= 4 is 40.7 Å². The van der Waals surface area contributed by atoms with E-state index in [4.69, 9.17) is 39.2 Å². The van der Waals surface area contributed by atoms with Crippen LogP contribution in [0.15, 0.2) is 46.9 Å². The quantitative estimate of drug-likeness (QED) is 0.523. The first kappa shape index (κ1) is 19.7. The zero-order valence-electron chi connectivity index (χ0n) is 14.6. The molecular weight excluding hydrogens is 409 g/mol. The zero-order valence-corrected chi connectivity index (χ0v) is 16.9. The topological polar surface area (TPSA) is 59.2 Å². The van der Waals surface area contributed by atoms with Gasteiger partial charge in [0.05, 0.1) is 27.7 Å². The Morgan fingerprint density at radius 2 is 1.81 bits per heavy atom. The normalized spacial score (nSPS) is 11.0. The van der Waals surface area contributed by atoms with E-state index >= 15 is 0 Å². The van der Waals surface area contributed by atoms with Crippen molar-refractivity contribution in [2.24, 2.45) is 0 Å². The first-order valence-electron chi connectivity index (χ1n) is 8.20. The van der Waals surface area contributed by atoms with Gasteiger partial charge in [0.1, 0.15) is 0 Å². The summed E-state index contributed by atoms with van der Waals surface area (Å²) >= 11 is 18.3. The molecule has 3 rings (SSSR count). The summed E-state index contributed by atoms with van der Waals surface area (Å²) in [5, 5.41) is 9.35. The number of amides is 1. The van der Waals surface area contributed by atoms with Gasteiger partial charge in [-0.15, -0.1) is 10.2 Å². The Bertz CT molecular complexity index is 972. The van der Waals surface area contributed by atoms with Crippen molar-refractivity contribution in [2.45, 2.75) is 26.4 Å². The highest BCUT2D eigenvalue weighted by atomic mass is 35.5. The van der Waals surface area contributed by atoms with Crippen molar-refractivity contribution in [3.63, 3.8) is 0 Å². The van der Waals surface area contributed by atoms with E-state index < -0.39 is 0 Å². The van der Waals surface area contributed by atoms with Crippen LogP contribution in [0.2, 0.25) is 15.1 Å². The van der Waals surface area contributed by atoms with Gasteiger partial charge in [-0.2, -0.15) is 0 Å². The van der Waals surface area contributed by atoms with Crippen molar-refractivity contribution in [3.8, 4) is 11.5 Å². The number of rotatable bonds is 5. The Kier molecular flexibility index (Phi) is 6.05. The lowest BCUT2D eigenvalue weighted by atomic mass is 10.1. The first-order valence-corrected chi connectivity index (χ1v) is 9.33.